The fourth-order valence-corrected chi connectivity index (χ4v) is 3.63. The van der Waals surface area contributed by atoms with E-state index in [1.165, 1.54) is 16.7 Å². The van der Waals surface area contributed by atoms with E-state index in [1.54, 1.807) is 6.92 Å². The molecule has 0 bridgehead atoms. The second-order valence-corrected chi connectivity index (χ2v) is 8.16. The number of H-pyrrole nitrogens is 1. The van der Waals surface area contributed by atoms with Crippen molar-refractivity contribution in [1.82, 2.24) is 15.3 Å². The third kappa shape index (κ3) is 4.19. The normalized spacial score (nSPS) is 11.4. The molecule has 0 amide bonds. The van der Waals surface area contributed by atoms with Crippen LogP contribution in [0.15, 0.2) is 60.7 Å². The van der Waals surface area contributed by atoms with Gasteiger partial charge in [-0.2, -0.15) is 0 Å². The average molecular weight is 398 g/mol. The van der Waals surface area contributed by atoms with Crippen LogP contribution in [0.25, 0.3) is 33.5 Å². The zero-order valence-corrected chi connectivity index (χ0v) is 17.9. The molecule has 4 aromatic rings. The standard InChI is InChI=1S/C26H27N3O/c1-16(2)27-15-19-5-7-20(8-6-19)21-9-11-22(12-10-21)26-28-24-14-17(3)13-23(18(4)30)25(24)29-26/h5-14,16,27H,15H2,1-4H3,(H,28,29). The molecular weight excluding hydrogens is 370 g/mol. The smallest absolute Gasteiger partial charge is 0.161 e. The lowest BCUT2D eigenvalue weighted by Crippen LogP contribution is -2.21. The van der Waals surface area contributed by atoms with Gasteiger partial charge in [0.1, 0.15) is 5.82 Å². The van der Waals surface area contributed by atoms with Crippen LogP contribution < -0.4 is 5.32 Å². The van der Waals surface area contributed by atoms with E-state index in [4.69, 9.17) is 4.98 Å². The lowest BCUT2D eigenvalue weighted by molar-refractivity contribution is 0.101. The summed E-state index contributed by atoms with van der Waals surface area (Å²) < 4.78 is 0. The number of rotatable bonds is 6. The maximum Gasteiger partial charge on any atom is 0.161 e. The molecule has 0 spiro atoms. The van der Waals surface area contributed by atoms with Crippen LogP contribution >= 0.6 is 0 Å². The molecule has 4 rings (SSSR count). The number of nitrogens with one attached hydrogen (secondary N) is 2. The Kier molecular flexibility index (Phi) is 5.51. The Labute approximate surface area is 177 Å². The molecule has 4 heteroatoms. The van der Waals surface area contributed by atoms with Gasteiger partial charge in [-0.1, -0.05) is 62.4 Å². The second-order valence-electron chi connectivity index (χ2n) is 8.16. The van der Waals surface area contributed by atoms with Gasteiger partial charge in [-0.05, 0) is 48.2 Å². The van der Waals surface area contributed by atoms with Crippen molar-refractivity contribution in [1.29, 1.82) is 0 Å². The molecule has 0 radical (unpaired) electrons. The molecule has 2 N–H and O–H groups in total. The monoisotopic (exact) mass is 397 g/mol. The van der Waals surface area contributed by atoms with Crippen LogP contribution in [0, 0.1) is 6.92 Å². The molecule has 152 valence electrons. The Morgan fingerprint density at radius 2 is 1.57 bits per heavy atom. The number of hydrogen-bond donors (Lipinski definition) is 2. The SMILES string of the molecule is CC(=O)c1cc(C)cc2nc(-c3ccc(-c4ccc(CNC(C)C)cc4)cc3)[nH]c12. The van der Waals surface area contributed by atoms with Crippen LogP contribution in [0.1, 0.15) is 42.3 Å². The minimum Gasteiger partial charge on any atom is -0.337 e. The molecule has 1 heterocycles. The molecule has 0 unspecified atom stereocenters. The third-order valence-corrected chi connectivity index (χ3v) is 5.28. The van der Waals surface area contributed by atoms with Gasteiger partial charge >= 0.3 is 0 Å². The van der Waals surface area contributed by atoms with Crippen LogP contribution in [-0.2, 0) is 6.54 Å². The Balaban J connectivity index is 1.59. The number of ketones is 1. The number of Topliss-reactive ketones (excluding diaryl/α,β-unsaturated/α-hetero) is 1. The number of imidazole rings is 1. The van der Waals surface area contributed by atoms with E-state index in [0.717, 1.165) is 34.5 Å². The number of nitrogens with zero attached hydrogens (tertiary/aromatic N) is 1. The summed E-state index contributed by atoms with van der Waals surface area (Å²) in [4.78, 5) is 20.1. The van der Waals surface area contributed by atoms with Crippen molar-refractivity contribution < 1.29 is 4.79 Å². The van der Waals surface area contributed by atoms with Crippen molar-refractivity contribution in [2.24, 2.45) is 0 Å². The van der Waals surface area contributed by atoms with Crippen molar-refractivity contribution in [3.63, 3.8) is 0 Å². The predicted octanol–water partition coefficient (Wildman–Crippen LogP) is 5.91. The van der Waals surface area contributed by atoms with E-state index in [0.29, 0.717) is 11.6 Å². The molecule has 3 aromatic carbocycles. The second kappa shape index (κ2) is 8.25. The number of aryl methyl sites for hydroxylation is 1. The first-order valence-corrected chi connectivity index (χ1v) is 10.3. The molecule has 4 nitrogen and oxygen atoms in total. The van der Waals surface area contributed by atoms with Gasteiger partial charge < -0.3 is 10.3 Å². The summed E-state index contributed by atoms with van der Waals surface area (Å²) in [5.41, 5.74) is 7.98. The highest BCUT2D eigenvalue weighted by molar-refractivity contribution is 6.05. The van der Waals surface area contributed by atoms with Gasteiger partial charge in [0, 0.05) is 23.7 Å². The molecule has 0 aliphatic heterocycles. The topological polar surface area (TPSA) is 57.8 Å². The predicted molar refractivity (Wildman–Crippen MR) is 124 cm³/mol. The molecular formula is C26H27N3O. The van der Waals surface area contributed by atoms with Gasteiger partial charge in [-0.15, -0.1) is 0 Å². The Hall–Kier alpha value is -3.24. The molecule has 0 atom stereocenters. The summed E-state index contributed by atoms with van der Waals surface area (Å²) in [6, 6.07) is 21.4. The number of fused-ring (bicyclic) bond motifs is 1. The van der Waals surface area contributed by atoms with Crippen molar-refractivity contribution >= 4 is 16.8 Å². The first-order chi connectivity index (χ1) is 14.4. The molecule has 0 saturated carbocycles. The number of carbonyl (C=O) groups excluding carboxylic acids is 1. The van der Waals surface area contributed by atoms with Crippen molar-refractivity contribution in [3.05, 3.63) is 77.4 Å². The quantitative estimate of drug-likeness (QED) is 0.398. The maximum atomic E-state index is 12.0. The van der Waals surface area contributed by atoms with Crippen LogP contribution in [0.2, 0.25) is 0 Å². The summed E-state index contributed by atoms with van der Waals surface area (Å²) in [5, 5.41) is 3.44. The highest BCUT2D eigenvalue weighted by Gasteiger charge is 2.13. The first kappa shape index (κ1) is 20.0. The highest BCUT2D eigenvalue weighted by atomic mass is 16.1. The Bertz CT molecular complexity index is 1190. The summed E-state index contributed by atoms with van der Waals surface area (Å²) in [5.74, 6) is 0.820. The fourth-order valence-electron chi connectivity index (χ4n) is 3.63. The molecule has 1 aromatic heterocycles. The molecule has 30 heavy (non-hydrogen) atoms. The Morgan fingerprint density at radius 3 is 2.17 bits per heavy atom. The zero-order chi connectivity index (χ0) is 21.3. The van der Waals surface area contributed by atoms with E-state index < -0.39 is 0 Å². The lowest BCUT2D eigenvalue weighted by Gasteiger charge is -2.09. The first-order valence-electron chi connectivity index (χ1n) is 10.3. The van der Waals surface area contributed by atoms with E-state index >= 15 is 0 Å². The van der Waals surface area contributed by atoms with E-state index in [2.05, 4.69) is 72.7 Å². The molecule has 0 fully saturated rings. The van der Waals surface area contributed by atoms with Gasteiger partial charge in [-0.3, -0.25) is 4.79 Å². The maximum absolute atomic E-state index is 12.0. The van der Waals surface area contributed by atoms with Crippen LogP contribution in [0.3, 0.4) is 0 Å². The fraction of sp³-hybridized carbons (Fsp3) is 0.231. The summed E-state index contributed by atoms with van der Waals surface area (Å²) in [6.45, 7) is 8.76. The van der Waals surface area contributed by atoms with E-state index in [1.807, 2.05) is 19.1 Å². The van der Waals surface area contributed by atoms with Crippen molar-refractivity contribution in [2.75, 3.05) is 0 Å². The number of benzene rings is 3. The number of carbonyl (C=O) groups is 1. The minimum absolute atomic E-state index is 0.0429. The molecule has 0 aliphatic carbocycles. The minimum atomic E-state index is 0.0429. The van der Waals surface area contributed by atoms with E-state index in [9.17, 15) is 4.79 Å². The van der Waals surface area contributed by atoms with Crippen LogP contribution in [-0.4, -0.2) is 21.8 Å². The number of hydrogen-bond acceptors (Lipinski definition) is 3. The van der Waals surface area contributed by atoms with Crippen LogP contribution in [0.4, 0.5) is 0 Å². The van der Waals surface area contributed by atoms with Crippen molar-refractivity contribution in [3.8, 4) is 22.5 Å². The van der Waals surface area contributed by atoms with Crippen LogP contribution in [0.5, 0.6) is 0 Å². The Morgan fingerprint density at radius 1 is 0.967 bits per heavy atom. The van der Waals surface area contributed by atoms with Gasteiger partial charge in [0.2, 0.25) is 0 Å². The van der Waals surface area contributed by atoms with Gasteiger partial charge in [0.05, 0.1) is 11.0 Å². The highest BCUT2D eigenvalue weighted by Crippen LogP contribution is 2.27. The zero-order valence-electron chi connectivity index (χ0n) is 17.9. The van der Waals surface area contributed by atoms with Gasteiger partial charge in [0.25, 0.3) is 0 Å². The van der Waals surface area contributed by atoms with Crippen molar-refractivity contribution in [2.45, 2.75) is 40.3 Å². The molecule has 0 aliphatic rings. The lowest BCUT2D eigenvalue weighted by atomic mass is 10.0. The average Bonchev–Trinajstić information content (AvgIpc) is 3.16. The largest absolute Gasteiger partial charge is 0.337 e. The summed E-state index contributed by atoms with van der Waals surface area (Å²) in [7, 11) is 0. The van der Waals surface area contributed by atoms with E-state index in [-0.39, 0.29) is 5.78 Å². The summed E-state index contributed by atoms with van der Waals surface area (Å²) in [6.07, 6.45) is 0. The molecule has 0 saturated heterocycles. The third-order valence-electron chi connectivity index (χ3n) is 5.28. The summed E-state index contributed by atoms with van der Waals surface area (Å²) >= 11 is 0. The number of aromatic amines is 1. The van der Waals surface area contributed by atoms with Gasteiger partial charge in [0.15, 0.2) is 5.78 Å². The number of aromatic nitrogens is 2. The van der Waals surface area contributed by atoms with Gasteiger partial charge in [-0.25, -0.2) is 4.98 Å².